The van der Waals surface area contributed by atoms with Gasteiger partial charge in [-0.1, -0.05) is 31.2 Å². The summed E-state index contributed by atoms with van der Waals surface area (Å²) < 4.78 is 1.34. The van der Waals surface area contributed by atoms with Gasteiger partial charge in [-0.15, -0.1) is 17.9 Å². The molecule has 1 unspecified atom stereocenters. The van der Waals surface area contributed by atoms with Gasteiger partial charge in [-0.25, -0.2) is 0 Å². The molecular formula is C13H15NS. The van der Waals surface area contributed by atoms with Gasteiger partial charge in [0.2, 0.25) is 0 Å². The van der Waals surface area contributed by atoms with E-state index in [0.717, 1.165) is 6.54 Å². The summed E-state index contributed by atoms with van der Waals surface area (Å²) in [5.41, 5.74) is 1.34. The number of benzene rings is 1. The summed E-state index contributed by atoms with van der Waals surface area (Å²) in [6, 6.07) is 8.78. The summed E-state index contributed by atoms with van der Waals surface area (Å²) in [6.07, 6.45) is 1.97. The van der Waals surface area contributed by atoms with Crippen LogP contribution in [0.4, 0.5) is 0 Å². The second kappa shape index (κ2) is 4.60. The lowest BCUT2D eigenvalue weighted by molar-refractivity contribution is 0.654. The molecule has 2 rings (SSSR count). The number of fused-ring (bicyclic) bond motifs is 1. The van der Waals surface area contributed by atoms with Crippen molar-refractivity contribution in [1.29, 1.82) is 0 Å². The van der Waals surface area contributed by atoms with Gasteiger partial charge >= 0.3 is 0 Å². The van der Waals surface area contributed by atoms with Crippen LogP contribution in [0.2, 0.25) is 0 Å². The van der Waals surface area contributed by atoms with Gasteiger partial charge < -0.3 is 5.32 Å². The van der Waals surface area contributed by atoms with Crippen molar-refractivity contribution in [1.82, 2.24) is 5.32 Å². The van der Waals surface area contributed by atoms with Gasteiger partial charge in [0.05, 0.1) is 6.04 Å². The van der Waals surface area contributed by atoms with E-state index >= 15 is 0 Å². The van der Waals surface area contributed by atoms with Crippen LogP contribution in [0.25, 0.3) is 10.1 Å². The summed E-state index contributed by atoms with van der Waals surface area (Å²) >= 11 is 1.80. The maximum atomic E-state index is 3.88. The van der Waals surface area contributed by atoms with Gasteiger partial charge in [-0.05, 0) is 28.9 Å². The minimum atomic E-state index is 0.270. The molecule has 0 aliphatic rings. The van der Waals surface area contributed by atoms with Crippen molar-refractivity contribution in [2.24, 2.45) is 0 Å². The fraction of sp³-hybridized carbons (Fsp3) is 0.231. The summed E-state index contributed by atoms with van der Waals surface area (Å²) in [6.45, 7) is 6.96. The number of thiophene rings is 1. The maximum Gasteiger partial charge on any atom is 0.0518 e. The quantitative estimate of drug-likeness (QED) is 0.769. The van der Waals surface area contributed by atoms with Crippen molar-refractivity contribution < 1.29 is 0 Å². The Balaban J connectivity index is 2.46. The summed E-state index contributed by atoms with van der Waals surface area (Å²) in [7, 11) is 0. The Kier molecular flexibility index (Phi) is 3.19. The van der Waals surface area contributed by atoms with E-state index in [1.54, 1.807) is 11.3 Å². The number of nitrogens with one attached hydrogen (secondary N) is 1. The molecule has 2 heteroatoms. The first-order valence-electron chi connectivity index (χ1n) is 5.19. The highest BCUT2D eigenvalue weighted by molar-refractivity contribution is 7.17. The van der Waals surface area contributed by atoms with Crippen molar-refractivity contribution in [2.75, 3.05) is 6.54 Å². The molecule has 78 valence electrons. The molecule has 1 aromatic carbocycles. The molecule has 2 aromatic rings. The standard InChI is InChI=1S/C13H15NS/c1-3-12(14-4-2)11-9-15-13-8-6-5-7-10(11)13/h3,5-9,12,14H,1,4H2,2H3. The van der Waals surface area contributed by atoms with Gasteiger partial charge in [0.15, 0.2) is 0 Å². The predicted molar refractivity (Wildman–Crippen MR) is 68.4 cm³/mol. The molecule has 0 bridgehead atoms. The lowest BCUT2D eigenvalue weighted by Gasteiger charge is -2.12. The molecule has 0 aliphatic carbocycles. The molecule has 0 saturated heterocycles. The Bertz CT molecular complexity index is 458. The predicted octanol–water partition coefficient (Wildman–Crippen LogP) is 3.74. The largest absolute Gasteiger partial charge is 0.307 e. The summed E-state index contributed by atoms with van der Waals surface area (Å²) in [5.74, 6) is 0. The first kappa shape index (κ1) is 10.4. The third kappa shape index (κ3) is 1.96. The van der Waals surface area contributed by atoms with Crippen LogP contribution in [0.1, 0.15) is 18.5 Å². The molecule has 1 nitrogen and oxygen atoms in total. The molecule has 0 fully saturated rings. The Morgan fingerprint density at radius 2 is 2.27 bits per heavy atom. The number of rotatable bonds is 4. The molecule has 1 atom stereocenters. The molecule has 0 radical (unpaired) electrons. The minimum absolute atomic E-state index is 0.270. The van der Waals surface area contributed by atoms with E-state index in [0.29, 0.717) is 0 Å². The third-order valence-electron chi connectivity index (χ3n) is 2.51. The Hall–Kier alpha value is -1.12. The molecule has 0 aliphatic heterocycles. The van der Waals surface area contributed by atoms with Gasteiger partial charge in [0.1, 0.15) is 0 Å². The zero-order valence-electron chi connectivity index (χ0n) is 8.86. The topological polar surface area (TPSA) is 12.0 Å². The van der Waals surface area contributed by atoms with Crippen molar-refractivity contribution >= 4 is 21.4 Å². The summed E-state index contributed by atoms with van der Waals surface area (Å²) in [4.78, 5) is 0. The number of hydrogen-bond donors (Lipinski definition) is 1. The molecule has 15 heavy (non-hydrogen) atoms. The highest BCUT2D eigenvalue weighted by atomic mass is 32.1. The van der Waals surface area contributed by atoms with Crippen molar-refractivity contribution in [3.8, 4) is 0 Å². The molecular weight excluding hydrogens is 202 g/mol. The van der Waals surface area contributed by atoms with E-state index in [1.165, 1.54) is 15.6 Å². The highest BCUT2D eigenvalue weighted by Crippen LogP contribution is 2.30. The van der Waals surface area contributed by atoms with Crippen LogP contribution in [-0.2, 0) is 0 Å². The lowest BCUT2D eigenvalue weighted by Crippen LogP contribution is -2.18. The van der Waals surface area contributed by atoms with E-state index in [1.807, 2.05) is 6.08 Å². The number of likely N-dealkylation sites (N-methyl/N-ethyl adjacent to an activating group) is 1. The fourth-order valence-electron chi connectivity index (χ4n) is 1.78. The molecule has 0 spiro atoms. The molecule has 1 aromatic heterocycles. The second-order valence-corrected chi connectivity index (χ2v) is 4.37. The van der Waals surface area contributed by atoms with Crippen molar-refractivity contribution in [3.63, 3.8) is 0 Å². The van der Waals surface area contributed by atoms with E-state index in [9.17, 15) is 0 Å². The Morgan fingerprint density at radius 3 is 3.00 bits per heavy atom. The van der Waals surface area contributed by atoms with E-state index in [4.69, 9.17) is 0 Å². The number of hydrogen-bond acceptors (Lipinski definition) is 2. The minimum Gasteiger partial charge on any atom is -0.307 e. The van der Waals surface area contributed by atoms with Gasteiger partial charge in [-0.3, -0.25) is 0 Å². The normalized spacial score (nSPS) is 12.9. The fourth-order valence-corrected chi connectivity index (χ4v) is 2.78. The van der Waals surface area contributed by atoms with Crippen LogP contribution in [0, 0.1) is 0 Å². The highest BCUT2D eigenvalue weighted by Gasteiger charge is 2.10. The van der Waals surface area contributed by atoms with Gasteiger partial charge in [0.25, 0.3) is 0 Å². The first-order valence-corrected chi connectivity index (χ1v) is 6.07. The van der Waals surface area contributed by atoms with Crippen LogP contribution >= 0.6 is 11.3 Å². The van der Waals surface area contributed by atoms with Crippen LogP contribution < -0.4 is 5.32 Å². The van der Waals surface area contributed by atoms with Gasteiger partial charge in [0, 0.05) is 4.70 Å². The Labute approximate surface area is 94.4 Å². The lowest BCUT2D eigenvalue weighted by atomic mass is 10.1. The monoisotopic (exact) mass is 217 g/mol. The zero-order valence-corrected chi connectivity index (χ0v) is 9.68. The average molecular weight is 217 g/mol. The molecule has 1 heterocycles. The average Bonchev–Trinajstić information content (AvgIpc) is 2.70. The third-order valence-corrected chi connectivity index (χ3v) is 3.49. The van der Waals surface area contributed by atoms with Gasteiger partial charge in [-0.2, -0.15) is 0 Å². The smallest absolute Gasteiger partial charge is 0.0518 e. The molecule has 0 amide bonds. The maximum absolute atomic E-state index is 3.88. The van der Waals surface area contributed by atoms with E-state index in [2.05, 4.69) is 48.5 Å². The summed E-state index contributed by atoms with van der Waals surface area (Å²) in [5, 5.41) is 6.98. The SMILES string of the molecule is C=CC(NCC)c1csc2ccccc12. The van der Waals surface area contributed by atoms with E-state index < -0.39 is 0 Å². The van der Waals surface area contributed by atoms with Crippen molar-refractivity contribution in [2.45, 2.75) is 13.0 Å². The van der Waals surface area contributed by atoms with Crippen LogP contribution in [-0.4, -0.2) is 6.54 Å². The molecule has 1 N–H and O–H groups in total. The van der Waals surface area contributed by atoms with Crippen LogP contribution in [0.3, 0.4) is 0 Å². The second-order valence-electron chi connectivity index (χ2n) is 3.46. The first-order chi connectivity index (χ1) is 7.36. The van der Waals surface area contributed by atoms with Crippen molar-refractivity contribution in [3.05, 3.63) is 47.9 Å². The molecule has 0 saturated carbocycles. The Morgan fingerprint density at radius 1 is 1.47 bits per heavy atom. The van der Waals surface area contributed by atoms with E-state index in [-0.39, 0.29) is 6.04 Å². The van der Waals surface area contributed by atoms with Crippen LogP contribution in [0.5, 0.6) is 0 Å². The zero-order chi connectivity index (χ0) is 10.7. The van der Waals surface area contributed by atoms with Crippen LogP contribution in [0.15, 0.2) is 42.3 Å².